The van der Waals surface area contributed by atoms with Gasteiger partial charge in [-0.1, -0.05) is 30.3 Å². The topological polar surface area (TPSA) is 69.6 Å². The summed E-state index contributed by atoms with van der Waals surface area (Å²) < 4.78 is 0. The average Bonchev–Trinajstić information content (AvgIpc) is 2.16. The Morgan fingerprint density at radius 2 is 2.00 bits per heavy atom. The smallest absolute Gasteiger partial charge is 0.317 e. The lowest BCUT2D eigenvalue weighted by Gasteiger charge is -2.15. The number of hydrogen-bond donors (Lipinski definition) is 3. The normalized spacial score (nSPS) is 14.6. The van der Waals surface area contributed by atoms with Crippen molar-refractivity contribution >= 4 is 29.5 Å². The quantitative estimate of drug-likeness (QED) is 0.650. The number of rotatable bonds is 4. The van der Waals surface area contributed by atoms with Gasteiger partial charge < -0.3 is 10.00 Å². The maximum atomic E-state index is 10.3. The predicted octanol–water partition coefficient (Wildman–Crippen LogP) is 0.288. The van der Waals surface area contributed by atoms with Crippen LogP contribution >= 0.6 is 6.42 Å². The molecular weight excluding hydrogens is 221 g/mol. The summed E-state index contributed by atoms with van der Waals surface area (Å²) in [6.07, 6.45) is -2.90. The third kappa shape index (κ3) is 3.20. The Labute approximate surface area is 86.7 Å². The first kappa shape index (κ1) is 11.3. The summed E-state index contributed by atoms with van der Waals surface area (Å²) >= 11 is 4.92. The van der Waals surface area contributed by atoms with Crippen LogP contribution in [0.5, 0.6) is 0 Å². The monoisotopic (exact) mass is 231 g/mol. The van der Waals surface area contributed by atoms with E-state index in [1.807, 2.05) is 0 Å². The van der Waals surface area contributed by atoms with Crippen molar-refractivity contribution in [2.75, 3.05) is 6.54 Å². The second-order valence-electron chi connectivity index (χ2n) is 2.64. The van der Waals surface area contributed by atoms with Crippen molar-refractivity contribution < 1.29 is 14.8 Å². The van der Waals surface area contributed by atoms with Crippen molar-refractivity contribution in [3.05, 3.63) is 30.3 Å². The number of carboxylic acids is 1. The molecule has 76 valence electrons. The zero-order chi connectivity index (χ0) is 10.6. The molecule has 1 rings (SSSR count). The molecule has 1 aromatic rings. The van der Waals surface area contributed by atoms with Gasteiger partial charge in [0.1, 0.15) is 0 Å². The molecule has 0 heterocycles. The minimum Gasteiger partial charge on any atom is -0.480 e. The molecule has 0 fully saturated rings. The Bertz CT molecular complexity index is 368. The van der Waals surface area contributed by atoms with Crippen molar-refractivity contribution in [2.45, 2.75) is 0 Å². The van der Waals surface area contributed by atoms with E-state index < -0.39 is 12.4 Å². The second kappa shape index (κ2) is 4.66. The molecule has 0 aliphatic rings. The van der Waals surface area contributed by atoms with Crippen LogP contribution in [0.2, 0.25) is 0 Å². The van der Waals surface area contributed by atoms with Crippen LogP contribution in [0.25, 0.3) is 0 Å². The molecule has 0 saturated heterocycles. The van der Waals surface area contributed by atoms with Crippen molar-refractivity contribution in [3.8, 4) is 0 Å². The highest BCUT2D eigenvalue weighted by atomic mass is 32.4. The van der Waals surface area contributed by atoms with E-state index in [1.165, 1.54) is 0 Å². The van der Waals surface area contributed by atoms with E-state index in [1.54, 1.807) is 30.3 Å². The van der Waals surface area contributed by atoms with Crippen molar-refractivity contribution in [2.24, 2.45) is 0 Å². The van der Waals surface area contributed by atoms with E-state index in [2.05, 4.69) is 5.09 Å². The molecule has 14 heavy (non-hydrogen) atoms. The number of carbonyl (C=O) groups is 1. The zero-order valence-corrected chi connectivity index (χ0v) is 8.96. The Kier molecular flexibility index (Phi) is 3.77. The van der Waals surface area contributed by atoms with Crippen molar-refractivity contribution in [1.29, 1.82) is 0 Å². The summed E-state index contributed by atoms with van der Waals surface area (Å²) in [5, 5.41) is 11.4. The molecule has 0 amide bonds. The number of hydrogen-bond acceptors (Lipinski definition) is 2. The first-order valence-electron chi connectivity index (χ1n) is 3.88. The minimum atomic E-state index is -2.90. The number of carboxylic acid groups (broad SMARTS) is 1. The molecule has 0 aliphatic heterocycles. The lowest BCUT2D eigenvalue weighted by molar-refractivity contribution is -0.135. The number of benzene rings is 1. The van der Waals surface area contributed by atoms with E-state index in [0.717, 1.165) is 0 Å². The molecule has 0 aromatic heterocycles. The molecule has 1 unspecified atom stereocenters. The largest absolute Gasteiger partial charge is 0.480 e. The van der Waals surface area contributed by atoms with Crippen LogP contribution in [0.15, 0.2) is 30.3 Å². The van der Waals surface area contributed by atoms with Gasteiger partial charge in [-0.05, 0) is 11.8 Å². The van der Waals surface area contributed by atoms with Gasteiger partial charge in [0, 0.05) is 5.30 Å². The second-order valence-corrected chi connectivity index (χ2v) is 6.21. The lowest BCUT2D eigenvalue weighted by atomic mass is 10.4. The summed E-state index contributed by atoms with van der Waals surface area (Å²) in [4.78, 5) is 20.1. The molecule has 4 nitrogen and oxygen atoms in total. The predicted molar refractivity (Wildman–Crippen MR) is 58.2 cm³/mol. The highest BCUT2D eigenvalue weighted by Gasteiger charge is 2.15. The molecule has 3 N–H and O–H groups in total. The van der Waals surface area contributed by atoms with Gasteiger partial charge >= 0.3 is 5.97 Å². The first-order chi connectivity index (χ1) is 6.52. The Morgan fingerprint density at radius 3 is 2.50 bits per heavy atom. The van der Waals surface area contributed by atoms with Gasteiger partial charge in [0.2, 0.25) is 0 Å². The van der Waals surface area contributed by atoms with Gasteiger partial charge in [0.25, 0.3) is 0 Å². The van der Waals surface area contributed by atoms with Gasteiger partial charge in [0.15, 0.2) is 6.42 Å². The fourth-order valence-electron chi connectivity index (χ4n) is 0.896. The Morgan fingerprint density at radius 1 is 1.43 bits per heavy atom. The van der Waals surface area contributed by atoms with Crippen LogP contribution in [0.3, 0.4) is 0 Å². The fourth-order valence-corrected chi connectivity index (χ4v) is 2.56. The summed E-state index contributed by atoms with van der Waals surface area (Å²) in [5.41, 5.74) is 0. The molecule has 0 spiro atoms. The van der Waals surface area contributed by atoms with Gasteiger partial charge in [0.05, 0.1) is 6.54 Å². The van der Waals surface area contributed by atoms with E-state index in [4.69, 9.17) is 16.9 Å². The Balaban J connectivity index is 2.76. The number of aliphatic carboxylic acids is 1. The zero-order valence-electron chi connectivity index (χ0n) is 7.25. The standard InChI is InChI=1S/C8H10NO3PS/c10-8(11)6-9-13(12,14)7-4-2-1-3-5-7/h1-5H,6H2,(H,10,11)(H2,9,12,14). The molecule has 6 heteroatoms. The summed E-state index contributed by atoms with van der Waals surface area (Å²) in [6, 6.07) is 8.64. The van der Waals surface area contributed by atoms with Crippen LogP contribution < -0.4 is 10.4 Å². The lowest BCUT2D eigenvalue weighted by Crippen LogP contribution is -2.24. The van der Waals surface area contributed by atoms with E-state index in [0.29, 0.717) is 5.30 Å². The van der Waals surface area contributed by atoms with E-state index in [-0.39, 0.29) is 6.54 Å². The summed E-state index contributed by atoms with van der Waals surface area (Å²) in [6.45, 7) is -0.331. The van der Waals surface area contributed by atoms with Crippen LogP contribution in [-0.4, -0.2) is 22.5 Å². The van der Waals surface area contributed by atoms with Crippen LogP contribution in [0.4, 0.5) is 0 Å². The third-order valence-electron chi connectivity index (χ3n) is 1.55. The average molecular weight is 231 g/mol. The molecule has 1 aromatic carbocycles. The van der Waals surface area contributed by atoms with E-state index >= 15 is 0 Å². The van der Waals surface area contributed by atoms with Crippen molar-refractivity contribution in [3.63, 3.8) is 0 Å². The summed E-state index contributed by atoms with van der Waals surface area (Å²) in [7, 11) is 0. The molecule has 1 atom stereocenters. The minimum absolute atomic E-state index is 0.331. The van der Waals surface area contributed by atoms with Crippen LogP contribution in [-0.2, 0) is 16.6 Å². The SMILES string of the molecule is O=C(O)CNP(O)(=S)c1ccccc1. The van der Waals surface area contributed by atoms with Crippen LogP contribution in [0, 0.1) is 0 Å². The van der Waals surface area contributed by atoms with Gasteiger partial charge in [-0.15, -0.1) is 0 Å². The number of nitrogens with one attached hydrogen (secondary N) is 1. The fraction of sp³-hybridized carbons (Fsp3) is 0.125. The molecule has 0 aliphatic carbocycles. The maximum Gasteiger partial charge on any atom is 0.317 e. The highest BCUT2D eigenvalue weighted by molar-refractivity contribution is 8.14. The molecule has 0 bridgehead atoms. The summed E-state index contributed by atoms with van der Waals surface area (Å²) in [5.74, 6) is -1.04. The molecular formula is C8H10NO3PS. The first-order valence-corrected chi connectivity index (χ1v) is 6.63. The van der Waals surface area contributed by atoms with Gasteiger partial charge in [-0.2, -0.15) is 0 Å². The third-order valence-corrected chi connectivity index (χ3v) is 4.16. The molecule has 0 radical (unpaired) electrons. The van der Waals surface area contributed by atoms with Crippen molar-refractivity contribution in [1.82, 2.24) is 5.09 Å². The van der Waals surface area contributed by atoms with E-state index in [9.17, 15) is 9.69 Å². The maximum absolute atomic E-state index is 10.3. The van der Waals surface area contributed by atoms with Gasteiger partial charge in [-0.3, -0.25) is 9.88 Å². The van der Waals surface area contributed by atoms with Crippen LogP contribution in [0.1, 0.15) is 0 Å². The molecule has 0 saturated carbocycles. The van der Waals surface area contributed by atoms with Gasteiger partial charge in [-0.25, -0.2) is 0 Å². The Hall–Kier alpha value is -0.740. The highest BCUT2D eigenvalue weighted by Crippen LogP contribution is 2.33.